The highest BCUT2D eigenvalue weighted by Crippen LogP contribution is 2.25. The van der Waals surface area contributed by atoms with Crippen LogP contribution in [0.5, 0.6) is 0 Å². The maximum atomic E-state index is 6.26. The van der Waals surface area contributed by atoms with Gasteiger partial charge in [0, 0.05) is 17.1 Å². The van der Waals surface area contributed by atoms with Crippen LogP contribution in [0, 0.1) is 0 Å². The van der Waals surface area contributed by atoms with Gasteiger partial charge in [-0.25, -0.2) is 0 Å². The van der Waals surface area contributed by atoms with E-state index < -0.39 is 0 Å². The average Bonchev–Trinajstić information content (AvgIpc) is 2.83. The minimum absolute atomic E-state index is 0.133. The van der Waals surface area contributed by atoms with Crippen LogP contribution >= 0.6 is 23.2 Å². The van der Waals surface area contributed by atoms with Crippen LogP contribution < -0.4 is 5.32 Å². The Kier molecular flexibility index (Phi) is 5.40. The summed E-state index contributed by atoms with van der Waals surface area (Å²) < 4.78 is 1.79. The smallest absolute Gasteiger partial charge is 0.0756 e. The van der Waals surface area contributed by atoms with Crippen molar-refractivity contribution in [2.24, 2.45) is 7.05 Å². The second kappa shape index (κ2) is 7.07. The Hall–Kier alpha value is -1.10. The zero-order chi connectivity index (χ0) is 14.5. The first-order valence-corrected chi connectivity index (χ1v) is 7.39. The molecule has 0 aliphatic heterocycles. The molecule has 0 saturated heterocycles. The molecule has 1 N–H and O–H groups in total. The SMILES string of the molecule is CCCNC(Cc1ccc(Cl)cc1Cl)c1cnnn1C. The molecule has 0 bridgehead atoms. The fourth-order valence-electron chi connectivity index (χ4n) is 2.12. The van der Waals surface area contributed by atoms with E-state index >= 15 is 0 Å². The average molecular weight is 313 g/mol. The van der Waals surface area contributed by atoms with Crippen molar-refractivity contribution >= 4 is 23.2 Å². The predicted molar refractivity (Wildman–Crippen MR) is 82.2 cm³/mol. The number of halogens is 2. The van der Waals surface area contributed by atoms with Crippen LogP contribution in [-0.4, -0.2) is 21.5 Å². The molecule has 1 atom stereocenters. The first-order chi connectivity index (χ1) is 9.61. The van der Waals surface area contributed by atoms with E-state index in [-0.39, 0.29) is 6.04 Å². The van der Waals surface area contributed by atoms with Gasteiger partial charge in [0.2, 0.25) is 0 Å². The Labute approximate surface area is 129 Å². The van der Waals surface area contributed by atoms with Gasteiger partial charge in [-0.05, 0) is 37.1 Å². The number of nitrogens with zero attached hydrogens (tertiary/aromatic N) is 3. The normalized spacial score (nSPS) is 12.6. The van der Waals surface area contributed by atoms with Crippen molar-refractivity contribution in [3.63, 3.8) is 0 Å². The summed E-state index contributed by atoms with van der Waals surface area (Å²) in [5, 5.41) is 12.8. The van der Waals surface area contributed by atoms with Gasteiger partial charge in [0.1, 0.15) is 0 Å². The van der Waals surface area contributed by atoms with E-state index in [2.05, 4.69) is 22.6 Å². The molecule has 0 fully saturated rings. The van der Waals surface area contributed by atoms with Crippen molar-refractivity contribution in [1.29, 1.82) is 0 Å². The Morgan fingerprint density at radius 3 is 2.75 bits per heavy atom. The first kappa shape index (κ1) is 15.3. The van der Waals surface area contributed by atoms with Gasteiger partial charge in [-0.15, -0.1) is 5.10 Å². The molecule has 0 radical (unpaired) electrons. The maximum absolute atomic E-state index is 6.26. The van der Waals surface area contributed by atoms with Gasteiger partial charge in [-0.2, -0.15) is 0 Å². The molecule has 2 aromatic rings. The molecule has 1 aromatic carbocycles. The fraction of sp³-hybridized carbons (Fsp3) is 0.429. The summed E-state index contributed by atoms with van der Waals surface area (Å²) in [4.78, 5) is 0. The molecule has 6 heteroatoms. The van der Waals surface area contributed by atoms with Crippen molar-refractivity contribution in [2.45, 2.75) is 25.8 Å². The van der Waals surface area contributed by atoms with Gasteiger partial charge in [-0.1, -0.05) is 41.4 Å². The second-order valence-electron chi connectivity index (χ2n) is 4.73. The van der Waals surface area contributed by atoms with Crippen LogP contribution in [0.3, 0.4) is 0 Å². The maximum Gasteiger partial charge on any atom is 0.0756 e. The summed E-state index contributed by atoms with van der Waals surface area (Å²) >= 11 is 12.2. The Balaban J connectivity index is 2.21. The van der Waals surface area contributed by atoms with Gasteiger partial charge in [0.05, 0.1) is 17.9 Å². The largest absolute Gasteiger partial charge is 0.308 e. The summed E-state index contributed by atoms with van der Waals surface area (Å²) in [6.07, 6.45) is 3.63. The van der Waals surface area contributed by atoms with E-state index in [9.17, 15) is 0 Å². The minimum Gasteiger partial charge on any atom is -0.308 e. The van der Waals surface area contributed by atoms with Gasteiger partial charge in [0.15, 0.2) is 0 Å². The number of hydrogen-bond donors (Lipinski definition) is 1. The van der Waals surface area contributed by atoms with Gasteiger partial charge in [0.25, 0.3) is 0 Å². The van der Waals surface area contributed by atoms with Crippen LogP contribution in [0.2, 0.25) is 10.0 Å². The van der Waals surface area contributed by atoms with Crippen LogP contribution in [0.4, 0.5) is 0 Å². The molecule has 1 unspecified atom stereocenters. The molecule has 0 spiro atoms. The first-order valence-electron chi connectivity index (χ1n) is 6.63. The molecule has 1 heterocycles. The summed E-state index contributed by atoms with van der Waals surface area (Å²) in [5.74, 6) is 0. The van der Waals surface area contributed by atoms with E-state index in [4.69, 9.17) is 23.2 Å². The summed E-state index contributed by atoms with van der Waals surface area (Å²) in [6, 6.07) is 5.74. The lowest BCUT2D eigenvalue weighted by Crippen LogP contribution is -2.26. The van der Waals surface area contributed by atoms with Gasteiger partial charge < -0.3 is 5.32 Å². The summed E-state index contributed by atoms with van der Waals surface area (Å²) in [7, 11) is 1.90. The molecule has 20 heavy (non-hydrogen) atoms. The molecule has 1 aromatic heterocycles. The number of aromatic nitrogens is 3. The van der Waals surface area contributed by atoms with Gasteiger partial charge in [-0.3, -0.25) is 4.68 Å². The third-order valence-corrected chi connectivity index (χ3v) is 3.77. The number of benzene rings is 1. The highest BCUT2D eigenvalue weighted by Gasteiger charge is 2.17. The summed E-state index contributed by atoms with van der Waals surface area (Å²) in [6.45, 7) is 3.07. The topological polar surface area (TPSA) is 42.7 Å². The van der Waals surface area contributed by atoms with Crippen molar-refractivity contribution in [1.82, 2.24) is 20.3 Å². The van der Waals surface area contributed by atoms with E-state index in [1.807, 2.05) is 19.2 Å². The molecule has 2 rings (SSSR count). The number of hydrogen-bond acceptors (Lipinski definition) is 3. The lowest BCUT2D eigenvalue weighted by molar-refractivity contribution is 0.492. The molecule has 108 valence electrons. The van der Waals surface area contributed by atoms with E-state index in [1.165, 1.54) is 0 Å². The summed E-state index contributed by atoms with van der Waals surface area (Å²) in [5.41, 5.74) is 2.11. The third-order valence-electron chi connectivity index (χ3n) is 3.19. The Bertz CT molecular complexity index is 568. The van der Waals surface area contributed by atoms with E-state index in [0.29, 0.717) is 10.0 Å². The van der Waals surface area contributed by atoms with E-state index in [1.54, 1.807) is 16.9 Å². The minimum atomic E-state index is 0.133. The van der Waals surface area contributed by atoms with E-state index in [0.717, 1.165) is 30.6 Å². The molecule has 0 aliphatic rings. The Morgan fingerprint density at radius 2 is 2.15 bits per heavy atom. The zero-order valence-corrected chi connectivity index (χ0v) is 13.1. The predicted octanol–water partition coefficient (Wildman–Crippen LogP) is 3.41. The van der Waals surface area contributed by atoms with Crippen LogP contribution in [0.25, 0.3) is 0 Å². The molecule has 4 nitrogen and oxygen atoms in total. The van der Waals surface area contributed by atoms with Crippen molar-refractivity contribution < 1.29 is 0 Å². The number of aryl methyl sites for hydroxylation is 1. The van der Waals surface area contributed by atoms with Crippen molar-refractivity contribution in [2.75, 3.05) is 6.54 Å². The molecule has 0 saturated carbocycles. The van der Waals surface area contributed by atoms with Gasteiger partial charge >= 0.3 is 0 Å². The molecular formula is C14H18Cl2N4. The number of rotatable bonds is 6. The van der Waals surface area contributed by atoms with Crippen molar-refractivity contribution in [3.05, 3.63) is 45.7 Å². The van der Waals surface area contributed by atoms with Crippen LogP contribution in [-0.2, 0) is 13.5 Å². The zero-order valence-electron chi connectivity index (χ0n) is 11.6. The third kappa shape index (κ3) is 3.72. The standard InChI is InChI=1S/C14H18Cl2N4/c1-3-6-17-13(14-9-18-19-20(14)2)7-10-4-5-11(15)8-12(10)16/h4-5,8-9,13,17H,3,6-7H2,1-2H3. The lowest BCUT2D eigenvalue weighted by atomic mass is 10.0. The fourth-order valence-corrected chi connectivity index (χ4v) is 2.61. The lowest BCUT2D eigenvalue weighted by Gasteiger charge is -2.19. The molecular weight excluding hydrogens is 295 g/mol. The Morgan fingerprint density at radius 1 is 1.35 bits per heavy atom. The molecule has 0 aliphatic carbocycles. The molecule has 0 amide bonds. The van der Waals surface area contributed by atoms with Crippen LogP contribution in [0.1, 0.15) is 30.6 Å². The second-order valence-corrected chi connectivity index (χ2v) is 5.57. The van der Waals surface area contributed by atoms with Crippen molar-refractivity contribution in [3.8, 4) is 0 Å². The highest BCUT2D eigenvalue weighted by atomic mass is 35.5. The number of nitrogens with one attached hydrogen (secondary N) is 1. The van der Waals surface area contributed by atoms with Crippen LogP contribution in [0.15, 0.2) is 24.4 Å². The monoisotopic (exact) mass is 312 g/mol. The quantitative estimate of drug-likeness (QED) is 0.889. The highest BCUT2D eigenvalue weighted by molar-refractivity contribution is 6.35.